The molecule has 1 heterocycles. The van der Waals surface area contributed by atoms with Crippen LogP contribution in [0.15, 0.2) is 0 Å². The first-order chi connectivity index (χ1) is 6.75. The molecule has 1 atom stereocenters. The molecule has 1 aliphatic carbocycles. The van der Waals surface area contributed by atoms with E-state index in [1.165, 1.54) is 17.6 Å². The molecule has 5 nitrogen and oxygen atoms in total. The Hall–Kier alpha value is -0.970. The Morgan fingerprint density at radius 2 is 2.36 bits per heavy atom. The van der Waals surface area contributed by atoms with Gasteiger partial charge in [0.2, 0.25) is 0 Å². The quantitative estimate of drug-likeness (QED) is 0.736. The minimum atomic E-state index is -0.105. The Balaban J connectivity index is 1.67. The van der Waals surface area contributed by atoms with Crippen molar-refractivity contribution in [3.8, 4) is 0 Å². The Labute approximate surface area is 83.1 Å². The van der Waals surface area contributed by atoms with Gasteiger partial charge in [0.25, 0.3) is 0 Å². The van der Waals surface area contributed by atoms with Gasteiger partial charge in [-0.3, -0.25) is 0 Å². The number of hydrogen-bond donors (Lipinski definition) is 1. The standard InChI is InChI=1S/C9H16N4O/c1-13-11-9(10-12-13)4-2-3-8(14)7-5-6-7/h7-8,14H,2-6H2,1H3. The maximum absolute atomic E-state index is 9.61. The molecular formula is C9H16N4O. The molecule has 1 unspecified atom stereocenters. The molecule has 0 aliphatic heterocycles. The number of nitrogens with zero attached hydrogens (tertiary/aromatic N) is 4. The average molecular weight is 196 g/mol. The molecule has 0 amide bonds. The summed E-state index contributed by atoms with van der Waals surface area (Å²) in [6.07, 6.45) is 4.92. The summed E-state index contributed by atoms with van der Waals surface area (Å²) in [5.41, 5.74) is 0. The highest BCUT2D eigenvalue weighted by Crippen LogP contribution is 2.34. The van der Waals surface area contributed by atoms with Crippen LogP contribution >= 0.6 is 0 Å². The molecule has 1 saturated carbocycles. The van der Waals surface area contributed by atoms with Gasteiger partial charge in [0, 0.05) is 6.42 Å². The van der Waals surface area contributed by atoms with Gasteiger partial charge in [0.15, 0.2) is 5.82 Å². The summed E-state index contributed by atoms with van der Waals surface area (Å²) >= 11 is 0. The molecule has 0 saturated heterocycles. The van der Waals surface area contributed by atoms with Gasteiger partial charge in [-0.25, -0.2) is 0 Å². The van der Waals surface area contributed by atoms with Gasteiger partial charge in [0.05, 0.1) is 13.2 Å². The number of aliphatic hydroxyl groups is 1. The van der Waals surface area contributed by atoms with Crippen molar-refractivity contribution >= 4 is 0 Å². The lowest BCUT2D eigenvalue weighted by Crippen LogP contribution is -2.09. The Kier molecular flexibility index (Phi) is 2.77. The zero-order chi connectivity index (χ0) is 9.97. The minimum Gasteiger partial charge on any atom is -0.393 e. The van der Waals surface area contributed by atoms with Gasteiger partial charge in [-0.05, 0) is 36.8 Å². The smallest absolute Gasteiger partial charge is 0.174 e. The van der Waals surface area contributed by atoms with Crippen molar-refractivity contribution in [3.05, 3.63) is 5.82 Å². The fraction of sp³-hybridized carbons (Fsp3) is 0.889. The molecule has 0 spiro atoms. The van der Waals surface area contributed by atoms with Crippen molar-refractivity contribution in [2.24, 2.45) is 13.0 Å². The van der Waals surface area contributed by atoms with E-state index in [0.29, 0.717) is 5.92 Å². The topological polar surface area (TPSA) is 63.8 Å². The molecule has 1 aliphatic rings. The van der Waals surface area contributed by atoms with Crippen LogP contribution in [0.5, 0.6) is 0 Å². The van der Waals surface area contributed by atoms with Crippen LogP contribution in [-0.2, 0) is 13.5 Å². The third kappa shape index (κ3) is 2.51. The predicted molar refractivity (Wildman–Crippen MR) is 50.5 cm³/mol. The largest absolute Gasteiger partial charge is 0.393 e. The second-order valence-electron chi connectivity index (χ2n) is 3.99. The zero-order valence-electron chi connectivity index (χ0n) is 8.43. The van der Waals surface area contributed by atoms with Gasteiger partial charge in [-0.15, -0.1) is 10.2 Å². The Morgan fingerprint density at radius 3 is 2.93 bits per heavy atom. The van der Waals surface area contributed by atoms with Gasteiger partial charge < -0.3 is 5.11 Å². The second kappa shape index (κ2) is 4.04. The van der Waals surface area contributed by atoms with Crippen molar-refractivity contribution in [1.29, 1.82) is 0 Å². The van der Waals surface area contributed by atoms with E-state index in [9.17, 15) is 5.11 Å². The molecule has 14 heavy (non-hydrogen) atoms. The van der Waals surface area contributed by atoms with E-state index in [2.05, 4.69) is 15.4 Å². The van der Waals surface area contributed by atoms with Crippen LogP contribution in [0, 0.1) is 5.92 Å². The summed E-state index contributed by atoms with van der Waals surface area (Å²) in [7, 11) is 1.76. The lowest BCUT2D eigenvalue weighted by molar-refractivity contribution is 0.139. The van der Waals surface area contributed by atoms with E-state index in [1.54, 1.807) is 7.05 Å². The lowest BCUT2D eigenvalue weighted by Gasteiger charge is -2.06. The third-order valence-electron chi connectivity index (χ3n) is 2.62. The SMILES string of the molecule is Cn1nnc(CCCC(O)C2CC2)n1. The maximum atomic E-state index is 9.61. The van der Waals surface area contributed by atoms with E-state index in [4.69, 9.17) is 0 Å². The third-order valence-corrected chi connectivity index (χ3v) is 2.62. The van der Waals surface area contributed by atoms with Crippen LogP contribution in [0.3, 0.4) is 0 Å². The van der Waals surface area contributed by atoms with Gasteiger partial charge in [0.1, 0.15) is 0 Å². The van der Waals surface area contributed by atoms with Gasteiger partial charge in [-0.1, -0.05) is 0 Å². The van der Waals surface area contributed by atoms with Crippen LogP contribution in [0.1, 0.15) is 31.5 Å². The number of aromatic nitrogens is 4. The maximum Gasteiger partial charge on any atom is 0.174 e. The predicted octanol–water partition coefficient (Wildman–Crippen LogP) is 0.304. The fourth-order valence-corrected chi connectivity index (χ4v) is 1.61. The number of aliphatic hydroxyl groups excluding tert-OH is 1. The molecule has 1 aromatic rings. The molecular weight excluding hydrogens is 180 g/mol. The molecule has 1 fully saturated rings. The monoisotopic (exact) mass is 196 g/mol. The number of aryl methyl sites for hydroxylation is 2. The molecule has 1 N–H and O–H groups in total. The molecule has 0 bridgehead atoms. The van der Waals surface area contributed by atoms with E-state index in [1.807, 2.05) is 0 Å². The van der Waals surface area contributed by atoms with Crippen molar-refractivity contribution in [1.82, 2.24) is 20.2 Å². The van der Waals surface area contributed by atoms with Crippen LogP contribution in [0.25, 0.3) is 0 Å². The highest BCUT2D eigenvalue weighted by Gasteiger charge is 2.28. The molecule has 5 heteroatoms. The van der Waals surface area contributed by atoms with Crippen LogP contribution in [0.2, 0.25) is 0 Å². The average Bonchev–Trinajstić information content (AvgIpc) is 2.92. The molecule has 1 aromatic heterocycles. The normalized spacial score (nSPS) is 18.4. The summed E-state index contributed by atoms with van der Waals surface area (Å²) in [4.78, 5) is 1.46. The number of rotatable bonds is 5. The summed E-state index contributed by atoms with van der Waals surface area (Å²) in [5.74, 6) is 1.35. The first-order valence-corrected chi connectivity index (χ1v) is 5.16. The van der Waals surface area contributed by atoms with Gasteiger partial charge in [-0.2, -0.15) is 4.80 Å². The highest BCUT2D eigenvalue weighted by atomic mass is 16.3. The van der Waals surface area contributed by atoms with Crippen LogP contribution < -0.4 is 0 Å². The summed E-state index contributed by atoms with van der Waals surface area (Å²) in [5, 5.41) is 21.3. The first-order valence-electron chi connectivity index (χ1n) is 5.16. The van der Waals surface area contributed by atoms with E-state index in [0.717, 1.165) is 25.1 Å². The molecule has 78 valence electrons. The van der Waals surface area contributed by atoms with E-state index < -0.39 is 0 Å². The van der Waals surface area contributed by atoms with Crippen LogP contribution in [0.4, 0.5) is 0 Å². The Bertz CT molecular complexity index is 295. The second-order valence-corrected chi connectivity index (χ2v) is 3.99. The highest BCUT2D eigenvalue weighted by molar-refractivity contribution is 4.82. The fourth-order valence-electron chi connectivity index (χ4n) is 1.61. The minimum absolute atomic E-state index is 0.105. The van der Waals surface area contributed by atoms with E-state index in [-0.39, 0.29) is 6.10 Å². The lowest BCUT2D eigenvalue weighted by atomic mass is 10.1. The van der Waals surface area contributed by atoms with Crippen molar-refractivity contribution in [2.45, 2.75) is 38.2 Å². The number of tetrazole rings is 1. The molecule has 0 radical (unpaired) electrons. The number of hydrogen-bond acceptors (Lipinski definition) is 4. The summed E-state index contributed by atoms with van der Waals surface area (Å²) in [6, 6.07) is 0. The summed E-state index contributed by atoms with van der Waals surface area (Å²) in [6.45, 7) is 0. The van der Waals surface area contributed by atoms with Gasteiger partial charge >= 0.3 is 0 Å². The van der Waals surface area contributed by atoms with Crippen molar-refractivity contribution in [3.63, 3.8) is 0 Å². The van der Waals surface area contributed by atoms with Crippen molar-refractivity contribution < 1.29 is 5.11 Å². The van der Waals surface area contributed by atoms with Crippen LogP contribution in [-0.4, -0.2) is 31.4 Å². The van der Waals surface area contributed by atoms with E-state index >= 15 is 0 Å². The Morgan fingerprint density at radius 1 is 1.57 bits per heavy atom. The van der Waals surface area contributed by atoms with Crippen molar-refractivity contribution in [2.75, 3.05) is 0 Å². The first kappa shape index (κ1) is 9.58. The molecule has 2 rings (SSSR count). The zero-order valence-corrected chi connectivity index (χ0v) is 8.43. The summed E-state index contributed by atoms with van der Waals surface area (Å²) < 4.78 is 0. The molecule has 0 aromatic carbocycles.